The van der Waals surface area contributed by atoms with Crippen molar-refractivity contribution in [2.45, 2.75) is 18.3 Å². The predicted molar refractivity (Wildman–Crippen MR) is 124 cm³/mol. The van der Waals surface area contributed by atoms with Gasteiger partial charge in [0.05, 0.1) is 40.9 Å². The Balaban J connectivity index is 1.40. The molecule has 0 bridgehead atoms. The summed E-state index contributed by atoms with van der Waals surface area (Å²) < 4.78 is 25.4. The smallest absolute Gasteiger partial charge is 0.295 e. The second kappa shape index (κ2) is 9.05. The standard InChI is InChI=1S/C25H19ClFN3O4/c26-18-9-21-20(29-25(30-21)34-23-12-33-22(11-31)24(23)32)8-17(18)15-4-2-14(3-5-15)16-6-1-13(10-28)7-19(16)27/h1-9,22-24,31-32H,11-12H2,(H,29,30)/t22-,23?,24?/m1/s1. The molecule has 1 saturated heterocycles. The minimum atomic E-state index is -0.961. The minimum absolute atomic E-state index is 0.141. The van der Waals surface area contributed by atoms with Gasteiger partial charge in [0.25, 0.3) is 6.01 Å². The average Bonchev–Trinajstić information content (AvgIpc) is 3.40. The number of halogens is 2. The van der Waals surface area contributed by atoms with Crippen LogP contribution in [0.15, 0.2) is 54.6 Å². The van der Waals surface area contributed by atoms with E-state index in [0.29, 0.717) is 27.2 Å². The highest BCUT2D eigenvalue weighted by atomic mass is 35.5. The molecular formula is C25H19ClFN3O4. The van der Waals surface area contributed by atoms with E-state index in [1.807, 2.05) is 24.3 Å². The molecule has 34 heavy (non-hydrogen) atoms. The molecule has 0 spiro atoms. The predicted octanol–water partition coefficient (Wildman–Crippen LogP) is 4.06. The number of nitriles is 1. The lowest BCUT2D eigenvalue weighted by Crippen LogP contribution is -2.36. The summed E-state index contributed by atoms with van der Waals surface area (Å²) in [7, 11) is 0. The third-order valence-corrected chi connectivity index (χ3v) is 6.15. The van der Waals surface area contributed by atoms with Crippen LogP contribution in [-0.4, -0.2) is 51.7 Å². The zero-order chi connectivity index (χ0) is 23.8. The number of aromatic amines is 1. The molecule has 0 aliphatic carbocycles. The van der Waals surface area contributed by atoms with Crippen LogP contribution in [0.2, 0.25) is 5.02 Å². The van der Waals surface area contributed by atoms with Crippen LogP contribution in [0, 0.1) is 17.1 Å². The molecule has 1 aliphatic rings. The Bertz CT molecular complexity index is 1400. The number of aliphatic hydroxyl groups excluding tert-OH is 2. The first-order valence-corrected chi connectivity index (χ1v) is 10.9. The maximum absolute atomic E-state index is 14.4. The van der Waals surface area contributed by atoms with Crippen LogP contribution >= 0.6 is 11.6 Å². The van der Waals surface area contributed by atoms with E-state index in [2.05, 4.69) is 9.97 Å². The number of rotatable bonds is 5. The fraction of sp³-hybridized carbons (Fsp3) is 0.200. The van der Waals surface area contributed by atoms with Gasteiger partial charge in [-0.3, -0.25) is 0 Å². The maximum Gasteiger partial charge on any atom is 0.295 e. The molecular weight excluding hydrogens is 461 g/mol. The average molecular weight is 480 g/mol. The Hall–Kier alpha value is -3.48. The first kappa shape index (κ1) is 22.3. The summed E-state index contributed by atoms with van der Waals surface area (Å²) in [5.74, 6) is -0.460. The van der Waals surface area contributed by atoms with Gasteiger partial charge in [0.2, 0.25) is 0 Å². The number of hydrogen-bond donors (Lipinski definition) is 3. The van der Waals surface area contributed by atoms with Crippen molar-refractivity contribution in [3.63, 3.8) is 0 Å². The number of hydrogen-bond acceptors (Lipinski definition) is 6. The van der Waals surface area contributed by atoms with E-state index in [1.165, 1.54) is 6.07 Å². The molecule has 172 valence electrons. The highest BCUT2D eigenvalue weighted by Crippen LogP contribution is 2.34. The molecule has 7 nitrogen and oxygen atoms in total. The fourth-order valence-corrected chi connectivity index (χ4v) is 4.27. The SMILES string of the molecule is N#Cc1ccc(-c2ccc(-c3cc4nc(OC5CO[C@H](CO)C5O)[nH]c4cc3Cl)cc2)c(F)c1. The van der Waals surface area contributed by atoms with E-state index >= 15 is 0 Å². The lowest BCUT2D eigenvalue weighted by Gasteiger charge is -2.15. The van der Waals surface area contributed by atoms with Crippen molar-refractivity contribution in [3.8, 4) is 34.3 Å². The van der Waals surface area contributed by atoms with E-state index in [-0.39, 0.29) is 24.8 Å². The van der Waals surface area contributed by atoms with Gasteiger partial charge >= 0.3 is 0 Å². The highest BCUT2D eigenvalue weighted by Gasteiger charge is 2.37. The lowest BCUT2D eigenvalue weighted by molar-refractivity contribution is -0.00390. The van der Waals surface area contributed by atoms with Gasteiger partial charge in [-0.15, -0.1) is 0 Å². The van der Waals surface area contributed by atoms with Gasteiger partial charge in [0.1, 0.15) is 18.0 Å². The first-order chi connectivity index (χ1) is 16.5. The molecule has 2 heterocycles. The summed E-state index contributed by atoms with van der Waals surface area (Å²) in [5, 5.41) is 28.8. The minimum Gasteiger partial charge on any atom is -0.456 e. The molecule has 3 N–H and O–H groups in total. The van der Waals surface area contributed by atoms with Crippen molar-refractivity contribution in [2.24, 2.45) is 0 Å². The lowest BCUT2D eigenvalue weighted by atomic mass is 9.99. The molecule has 4 aromatic rings. The Morgan fingerprint density at radius 2 is 1.88 bits per heavy atom. The van der Waals surface area contributed by atoms with Gasteiger partial charge in [-0.25, -0.2) is 4.39 Å². The number of aliphatic hydroxyl groups is 2. The summed E-state index contributed by atoms with van der Waals surface area (Å²) >= 11 is 6.53. The van der Waals surface area contributed by atoms with Crippen molar-refractivity contribution in [3.05, 3.63) is 71.0 Å². The number of H-pyrrole nitrogens is 1. The van der Waals surface area contributed by atoms with Crippen LogP contribution in [0.3, 0.4) is 0 Å². The third-order valence-electron chi connectivity index (χ3n) is 5.83. The van der Waals surface area contributed by atoms with Crippen LogP contribution in [0.1, 0.15) is 5.56 Å². The Kier molecular flexibility index (Phi) is 5.94. The quantitative estimate of drug-likeness (QED) is 0.398. The molecule has 9 heteroatoms. The van der Waals surface area contributed by atoms with E-state index in [1.54, 1.807) is 30.3 Å². The van der Waals surface area contributed by atoms with E-state index in [4.69, 9.17) is 26.3 Å². The van der Waals surface area contributed by atoms with Crippen LogP contribution in [0.25, 0.3) is 33.3 Å². The van der Waals surface area contributed by atoms with Crippen molar-refractivity contribution in [1.82, 2.24) is 9.97 Å². The summed E-state index contributed by atoms with van der Waals surface area (Å²) in [6.45, 7) is -0.154. The number of imidazole rings is 1. The topological polar surface area (TPSA) is 111 Å². The van der Waals surface area contributed by atoms with Crippen LogP contribution < -0.4 is 4.74 Å². The van der Waals surface area contributed by atoms with Gasteiger partial charge in [-0.1, -0.05) is 41.9 Å². The van der Waals surface area contributed by atoms with Gasteiger partial charge in [0.15, 0.2) is 6.10 Å². The number of nitrogens with one attached hydrogen (secondary N) is 1. The fourth-order valence-electron chi connectivity index (χ4n) is 3.99. The second-order valence-corrected chi connectivity index (χ2v) is 8.38. The van der Waals surface area contributed by atoms with Crippen LogP contribution in [-0.2, 0) is 4.74 Å². The molecule has 3 atom stereocenters. The summed E-state index contributed by atoms with van der Waals surface area (Å²) in [6.07, 6.45) is -2.30. The van der Waals surface area contributed by atoms with Gasteiger partial charge < -0.3 is 24.7 Å². The summed E-state index contributed by atoms with van der Waals surface area (Å²) in [6, 6.07) is 17.3. The molecule has 1 fully saturated rings. The normalized spacial score (nSPS) is 19.9. The maximum atomic E-state index is 14.4. The van der Waals surface area contributed by atoms with Crippen LogP contribution in [0.5, 0.6) is 6.01 Å². The number of ether oxygens (including phenoxy) is 2. The second-order valence-electron chi connectivity index (χ2n) is 7.98. The van der Waals surface area contributed by atoms with E-state index in [0.717, 1.165) is 11.1 Å². The molecule has 2 unspecified atom stereocenters. The molecule has 0 amide bonds. The van der Waals surface area contributed by atoms with E-state index in [9.17, 15) is 14.6 Å². The van der Waals surface area contributed by atoms with Crippen molar-refractivity contribution in [1.29, 1.82) is 5.26 Å². The zero-order valence-electron chi connectivity index (χ0n) is 17.7. The molecule has 1 aromatic heterocycles. The van der Waals surface area contributed by atoms with Crippen molar-refractivity contribution < 1.29 is 24.1 Å². The zero-order valence-corrected chi connectivity index (χ0v) is 18.5. The number of nitrogens with zero attached hydrogens (tertiary/aromatic N) is 2. The molecule has 0 saturated carbocycles. The highest BCUT2D eigenvalue weighted by molar-refractivity contribution is 6.34. The molecule has 5 rings (SSSR count). The van der Waals surface area contributed by atoms with Crippen molar-refractivity contribution in [2.75, 3.05) is 13.2 Å². The monoisotopic (exact) mass is 479 g/mol. The summed E-state index contributed by atoms with van der Waals surface area (Å²) in [5.41, 5.74) is 4.18. The van der Waals surface area contributed by atoms with Gasteiger partial charge in [-0.05, 0) is 35.4 Å². The Labute approximate surface area is 199 Å². The Morgan fingerprint density at radius 1 is 1.15 bits per heavy atom. The third kappa shape index (κ3) is 4.11. The molecule has 1 aliphatic heterocycles. The summed E-state index contributed by atoms with van der Waals surface area (Å²) in [4.78, 5) is 7.47. The number of aromatic nitrogens is 2. The van der Waals surface area contributed by atoms with Crippen molar-refractivity contribution >= 4 is 22.6 Å². The molecule has 3 aromatic carbocycles. The first-order valence-electron chi connectivity index (χ1n) is 10.5. The Morgan fingerprint density at radius 3 is 2.53 bits per heavy atom. The van der Waals surface area contributed by atoms with Gasteiger partial charge in [-0.2, -0.15) is 10.2 Å². The van der Waals surface area contributed by atoms with Gasteiger partial charge in [0, 0.05) is 11.1 Å². The number of fused-ring (bicyclic) bond motifs is 1. The largest absolute Gasteiger partial charge is 0.456 e. The van der Waals surface area contributed by atoms with E-state index < -0.39 is 24.1 Å². The number of benzene rings is 3. The molecule has 0 radical (unpaired) electrons. The van der Waals surface area contributed by atoms with Crippen LogP contribution in [0.4, 0.5) is 4.39 Å².